The Bertz CT molecular complexity index is 1350. The van der Waals surface area contributed by atoms with Gasteiger partial charge in [-0.3, -0.25) is 5.10 Å². The molecule has 0 aliphatic heterocycles. The van der Waals surface area contributed by atoms with E-state index in [0.29, 0.717) is 43.4 Å². The van der Waals surface area contributed by atoms with Crippen LogP contribution in [0.2, 0.25) is 5.02 Å². The van der Waals surface area contributed by atoms with Crippen molar-refractivity contribution in [3.63, 3.8) is 0 Å². The highest BCUT2D eigenvalue weighted by Crippen LogP contribution is 2.38. The summed E-state index contributed by atoms with van der Waals surface area (Å²) in [6, 6.07) is 1.03. The molecule has 0 radical (unpaired) electrons. The molecule has 0 unspecified atom stereocenters. The van der Waals surface area contributed by atoms with Crippen LogP contribution in [0.4, 0.5) is 13.2 Å². The molecule has 5 rings (SSSR count). The lowest BCUT2D eigenvalue weighted by Crippen LogP contribution is -2.07. The van der Waals surface area contributed by atoms with Crippen molar-refractivity contribution < 1.29 is 13.2 Å². The molecule has 0 amide bonds. The quantitative estimate of drug-likeness (QED) is 0.447. The lowest BCUT2D eigenvalue weighted by Gasteiger charge is -2.06. The Kier molecular flexibility index (Phi) is 3.25. The summed E-state index contributed by atoms with van der Waals surface area (Å²) in [6.45, 7) is 1.61. The summed E-state index contributed by atoms with van der Waals surface area (Å²) in [7, 11) is 0. The van der Waals surface area contributed by atoms with E-state index in [1.54, 1.807) is 6.92 Å². The van der Waals surface area contributed by atoms with Crippen LogP contribution in [0.3, 0.4) is 0 Å². The largest absolute Gasteiger partial charge is 0.433 e. The number of aromatic amines is 1. The lowest BCUT2D eigenvalue weighted by molar-refractivity contribution is -0.141. The fourth-order valence-corrected chi connectivity index (χ4v) is 4.24. The summed E-state index contributed by atoms with van der Waals surface area (Å²) in [4.78, 5) is 12.8. The molecule has 0 saturated carbocycles. The third kappa shape index (κ3) is 2.38. The third-order valence-electron chi connectivity index (χ3n) is 4.07. The van der Waals surface area contributed by atoms with Gasteiger partial charge in [-0.15, -0.1) is 16.4 Å². The van der Waals surface area contributed by atoms with Crippen molar-refractivity contribution in [1.29, 1.82) is 0 Å². The van der Waals surface area contributed by atoms with Gasteiger partial charge in [-0.25, -0.2) is 19.5 Å². The van der Waals surface area contributed by atoms with E-state index < -0.39 is 11.9 Å². The smallest absolute Gasteiger partial charge is 0.273 e. The number of rotatable bonds is 1. The summed E-state index contributed by atoms with van der Waals surface area (Å²) in [5.74, 6) is 0.310. The standard InChI is InChI=1S/C15H7ClF3N7S/c1-5-2-7(15(17,18)19)22-14-8(5)10-11(27-14)13-23-12(25-26(13)4-20-10)9-6(16)3-21-24-9/h2-4H,1H3,(H,21,24). The second kappa shape index (κ2) is 5.36. The highest BCUT2D eigenvalue weighted by molar-refractivity contribution is 7.26. The van der Waals surface area contributed by atoms with E-state index in [1.807, 2.05) is 0 Å². The number of H-pyrrole nitrogens is 1. The molecule has 7 nitrogen and oxygen atoms in total. The van der Waals surface area contributed by atoms with E-state index in [2.05, 4.69) is 30.2 Å². The number of hydrogen-bond acceptors (Lipinski definition) is 6. The first-order valence-corrected chi connectivity index (χ1v) is 8.74. The number of fused-ring (bicyclic) bond motifs is 5. The van der Waals surface area contributed by atoms with E-state index >= 15 is 0 Å². The number of pyridine rings is 1. The van der Waals surface area contributed by atoms with Gasteiger partial charge in [-0.1, -0.05) is 11.6 Å². The molecule has 5 aromatic heterocycles. The Balaban J connectivity index is 1.83. The van der Waals surface area contributed by atoms with Gasteiger partial charge in [0.1, 0.15) is 27.2 Å². The summed E-state index contributed by atoms with van der Waals surface area (Å²) in [5, 5.41) is 11.8. The fraction of sp³-hybridized carbons (Fsp3) is 0.133. The van der Waals surface area contributed by atoms with Crippen molar-refractivity contribution in [2.45, 2.75) is 13.1 Å². The zero-order valence-electron chi connectivity index (χ0n) is 13.3. The van der Waals surface area contributed by atoms with E-state index in [9.17, 15) is 13.2 Å². The van der Waals surface area contributed by atoms with Gasteiger partial charge in [0.2, 0.25) is 5.82 Å². The van der Waals surface area contributed by atoms with Crippen LogP contribution in [0, 0.1) is 6.92 Å². The summed E-state index contributed by atoms with van der Waals surface area (Å²) in [5.41, 5.74) is 0.962. The molecule has 12 heteroatoms. The number of alkyl halides is 3. The molecule has 0 aliphatic rings. The average Bonchev–Trinajstić information content (AvgIpc) is 3.28. The molecule has 27 heavy (non-hydrogen) atoms. The average molecular weight is 410 g/mol. The van der Waals surface area contributed by atoms with Gasteiger partial charge < -0.3 is 0 Å². The number of halogens is 4. The Morgan fingerprint density at radius 2 is 2.07 bits per heavy atom. The maximum absolute atomic E-state index is 13.1. The Labute approximate surface area is 156 Å². The molecular weight excluding hydrogens is 403 g/mol. The normalized spacial score (nSPS) is 12.6. The second-order valence-electron chi connectivity index (χ2n) is 5.82. The van der Waals surface area contributed by atoms with Crippen molar-refractivity contribution in [2.75, 3.05) is 0 Å². The van der Waals surface area contributed by atoms with Crippen molar-refractivity contribution in [3.05, 3.63) is 34.9 Å². The van der Waals surface area contributed by atoms with Crippen molar-refractivity contribution in [1.82, 2.24) is 34.8 Å². The second-order valence-corrected chi connectivity index (χ2v) is 7.23. The molecule has 0 atom stereocenters. The first-order chi connectivity index (χ1) is 12.8. The molecule has 0 aromatic carbocycles. The topological polar surface area (TPSA) is 84.6 Å². The highest BCUT2D eigenvalue weighted by atomic mass is 35.5. The van der Waals surface area contributed by atoms with Crippen molar-refractivity contribution in [3.8, 4) is 11.5 Å². The van der Waals surface area contributed by atoms with Crippen molar-refractivity contribution in [2.24, 2.45) is 0 Å². The van der Waals surface area contributed by atoms with Crippen LogP contribution >= 0.6 is 22.9 Å². The number of nitrogens with zero attached hydrogens (tertiary/aromatic N) is 6. The van der Waals surface area contributed by atoms with Crippen molar-refractivity contribution >= 4 is 49.0 Å². The number of thiophene rings is 1. The SMILES string of the molecule is Cc1cc(C(F)(F)F)nc2sc3c(ncn4nc(-c5[nH]ncc5Cl)nc34)c12. The van der Waals surface area contributed by atoms with Gasteiger partial charge in [-0.2, -0.15) is 18.3 Å². The van der Waals surface area contributed by atoms with Crippen LogP contribution in [0.25, 0.3) is 37.6 Å². The van der Waals surface area contributed by atoms with E-state index in [1.165, 1.54) is 17.0 Å². The third-order valence-corrected chi connectivity index (χ3v) is 5.43. The van der Waals surface area contributed by atoms with Gasteiger partial charge in [0, 0.05) is 5.39 Å². The highest BCUT2D eigenvalue weighted by Gasteiger charge is 2.33. The van der Waals surface area contributed by atoms with Crippen LogP contribution in [0.5, 0.6) is 0 Å². The molecule has 0 aliphatic carbocycles. The van der Waals surface area contributed by atoms with E-state index in [0.717, 1.165) is 17.4 Å². The molecular formula is C15H7ClF3N7S. The fourth-order valence-electron chi connectivity index (χ4n) is 2.89. The van der Waals surface area contributed by atoms with E-state index in [4.69, 9.17) is 11.6 Å². The van der Waals surface area contributed by atoms with Gasteiger partial charge in [-0.05, 0) is 18.6 Å². The minimum atomic E-state index is -4.52. The molecule has 5 aromatic rings. The maximum Gasteiger partial charge on any atom is 0.433 e. The monoisotopic (exact) mass is 409 g/mol. The molecule has 5 heterocycles. The lowest BCUT2D eigenvalue weighted by atomic mass is 10.1. The molecule has 0 bridgehead atoms. The predicted molar refractivity (Wildman–Crippen MR) is 93.8 cm³/mol. The van der Waals surface area contributed by atoms with Gasteiger partial charge in [0.25, 0.3) is 0 Å². The van der Waals surface area contributed by atoms with Crippen LogP contribution < -0.4 is 0 Å². The number of aromatic nitrogens is 7. The van der Waals surface area contributed by atoms with Crippen LogP contribution in [-0.2, 0) is 6.18 Å². The number of hydrogen-bond donors (Lipinski definition) is 1. The first kappa shape index (κ1) is 16.4. The Morgan fingerprint density at radius 1 is 1.26 bits per heavy atom. The molecule has 0 spiro atoms. The predicted octanol–water partition coefficient (Wildman–Crippen LogP) is 4.26. The minimum Gasteiger partial charge on any atom is -0.273 e. The Morgan fingerprint density at radius 3 is 2.78 bits per heavy atom. The summed E-state index contributed by atoms with van der Waals surface area (Å²) >= 11 is 7.15. The van der Waals surface area contributed by atoms with Gasteiger partial charge in [0.05, 0.1) is 16.7 Å². The number of nitrogens with one attached hydrogen (secondary N) is 1. The van der Waals surface area contributed by atoms with Gasteiger partial charge in [0.15, 0.2) is 5.65 Å². The summed E-state index contributed by atoms with van der Waals surface area (Å²) in [6.07, 6.45) is -1.62. The zero-order chi connectivity index (χ0) is 18.9. The van der Waals surface area contributed by atoms with Crippen LogP contribution in [0.1, 0.15) is 11.3 Å². The van der Waals surface area contributed by atoms with Gasteiger partial charge >= 0.3 is 6.18 Å². The molecule has 0 fully saturated rings. The van der Waals surface area contributed by atoms with Crippen LogP contribution in [0.15, 0.2) is 18.6 Å². The molecule has 136 valence electrons. The zero-order valence-corrected chi connectivity index (χ0v) is 14.9. The maximum atomic E-state index is 13.1. The minimum absolute atomic E-state index is 0.252. The Hall–Kier alpha value is -2.79. The summed E-state index contributed by atoms with van der Waals surface area (Å²) < 4.78 is 41.3. The van der Waals surface area contributed by atoms with E-state index in [-0.39, 0.29) is 4.83 Å². The van der Waals surface area contributed by atoms with Crippen LogP contribution in [-0.4, -0.2) is 34.8 Å². The number of aryl methyl sites for hydroxylation is 1. The molecule has 1 N–H and O–H groups in total. The first-order valence-electron chi connectivity index (χ1n) is 7.54. The molecule has 0 saturated heterocycles.